The summed E-state index contributed by atoms with van der Waals surface area (Å²) in [7, 11) is 0. The summed E-state index contributed by atoms with van der Waals surface area (Å²) in [6, 6.07) is 1.57. The van der Waals surface area contributed by atoms with Gasteiger partial charge in [0.15, 0.2) is 5.69 Å². The molecule has 5 nitrogen and oxygen atoms in total. The average molecular weight is 209 g/mol. The Morgan fingerprint density at radius 2 is 2.47 bits per heavy atom. The second-order valence-corrected chi connectivity index (χ2v) is 3.80. The summed E-state index contributed by atoms with van der Waals surface area (Å²) in [6.45, 7) is 2.93. The topological polar surface area (TPSA) is 70.1 Å². The maximum atomic E-state index is 11.4. The van der Waals surface area contributed by atoms with Crippen molar-refractivity contribution in [3.8, 4) is 0 Å². The zero-order chi connectivity index (χ0) is 10.8. The van der Waals surface area contributed by atoms with Gasteiger partial charge in [-0.05, 0) is 25.7 Å². The molecule has 1 fully saturated rings. The van der Waals surface area contributed by atoms with Crippen LogP contribution in [0.15, 0.2) is 6.07 Å². The summed E-state index contributed by atoms with van der Waals surface area (Å²) >= 11 is 0. The van der Waals surface area contributed by atoms with Crippen LogP contribution in [0, 0.1) is 5.92 Å². The Kier molecular flexibility index (Phi) is 2.62. The van der Waals surface area contributed by atoms with Gasteiger partial charge < -0.3 is 10.5 Å². The molecule has 0 saturated heterocycles. The Morgan fingerprint density at radius 1 is 1.73 bits per heavy atom. The van der Waals surface area contributed by atoms with Gasteiger partial charge in [-0.3, -0.25) is 0 Å². The van der Waals surface area contributed by atoms with Crippen molar-refractivity contribution < 1.29 is 9.53 Å². The van der Waals surface area contributed by atoms with Gasteiger partial charge in [0, 0.05) is 12.6 Å². The molecule has 2 rings (SSSR count). The number of carbonyl (C=O) groups is 1. The largest absolute Gasteiger partial charge is 0.461 e. The van der Waals surface area contributed by atoms with Crippen LogP contribution in [-0.2, 0) is 11.3 Å². The highest BCUT2D eigenvalue weighted by atomic mass is 16.5. The fourth-order valence-corrected chi connectivity index (χ4v) is 1.43. The smallest absolute Gasteiger partial charge is 0.358 e. The molecule has 0 spiro atoms. The minimum atomic E-state index is -0.404. The lowest BCUT2D eigenvalue weighted by Crippen LogP contribution is -2.09. The Hall–Kier alpha value is -1.52. The second kappa shape index (κ2) is 3.92. The molecular weight excluding hydrogens is 194 g/mol. The molecule has 5 heteroatoms. The number of hydrogen-bond acceptors (Lipinski definition) is 4. The molecule has 1 aliphatic carbocycles. The molecule has 0 bridgehead atoms. The van der Waals surface area contributed by atoms with Gasteiger partial charge in [0.2, 0.25) is 0 Å². The van der Waals surface area contributed by atoms with E-state index in [0.29, 0.717) is 24.0 Å². The molecular formula is C10H15N3O2. The van der Waals surface area contributed by atoms with E-state index in [9.17, 15) is 4.79 Å². The summed E-state index contributed by atoms with van der Waals surface area (Å²) in [6.07, 6.45) is 2.46. The molecule has 0 aliphatic heterocycles. The minimum Gasteiger partial charge on any atom is -0.461 e. The number of carbonyl (C=O) groups excluding carboxylic acids is 1. The summed E-state index contributed by atoms with van der Waals surface area (Å²) in [4.78, 5) is 11.4. The van der Waals surface area contributed by atoms with E-state index in [4.69, 9.17) is 10.5 Å². The number of anilines is 1. The standard InChI is InChI=1S/C10H15N3O2/c1-2-15-10(14)8-5-9(11)13(12-8)6-7-3-4-7/h5,7H,2-4,6,11H2,1H3. The molecule has 1 aliphatic rings. The van der Waals surface area contributed by atoms with Gasteiger partial charge in [-0.1, -0.05) is 0 Å². The molecule has 1 saturated carbocycles. The fraction of sp³-hybridized carbons (Fsp3) is 0.600. The Balaban J connectivity index is 2.08. The van der Waals surface area contributed by atoms with E-state index in [1.807, 2.05) is 0 Å². The first-order valence-corrected chi connectivity index (χ1v) is 5.21. The fourth-order valence-electron chi connectivity index (χ4n) is 1.43. The van der Waals surface area contributed by atoms with Gasteiger partial charge in [-0.25, -0.2) is 9.48 Å². The molecule has 1 aromatic rings. The molecule has 0 atom stereocenters. The highest BCUT2D eigenvalue weighted by Gasteiger charge is 2.24. The lowest BCUT2D eigenvalue weighted by Gasteiger charge is -2.00. The van der Waals surface area contributed by atoms with E-state index < -0.39 is 5.97 Å². The van der Waals surface area contributed by atoms with E-state index in [1.165, 1.54) is 12.8 Å². The van der Waals surface area contributed by atoms with Crippen LogP contribution in [0.25, 0.3) is 0 Å². The second-order valence-electron chi connectivity index (χ2n) is 3.80. The van der Waals surface area contributed by atoms with Crippen molar-refractivity contribution in [3.05, 3.63) is 11.8 Å². The first-order valence-electron chi connectivity index (χ1n) is 5.21. The Morgan fingerprint density at radius 3 is 3.07 bits per heavy atom. The van der Waals surface area contributed by atoms with Gasteiger partial charge in [0.1, 0.15) is 5.82 Å². The predicted octanol–water partition coefficient (Wildman–Crippen LogP) is 1.05. The first-order chi connectivity index (χ1) is 7.20. The molecule has 0 radical (unpaired) electrons. The van der Waals surface area contributed by atoms with Gasteiger partial charge >= 0.3 is 5.97 Å². The van der Waals surface area contributed by atoms with Crippen LogP contribution in [0.3, 0.4) is 0 Å². The third-order valence-corrected chi connectivity index (χ3v) is 2.42. The van der Waals surface area contributed by atoms with Crippen LogP contribution >= 0.6 is 0 Å². The van der Waals surface area contributed by atoms with Crippen molar-refractivity contribution in [2.24, 2.45) is 5.92 Å². The van der Waals surface area contributed by atoms with Crippen LogP contribution in [-0.4, -0.2) is 22.4 Å². The molecule has 0 unspecified atom stereocenters. The van der Waals surface area contributed by atoms with Crippen molar-refractivity contribution in [2.75, 3.05) is 12.3 Å². The summed E-state index contributed by atoms with van der Waals surface area (Å²) in [5.74, 6) is 0.811. The van der Waals surface area contributed by atoms with Gasteiger partial charge in [0.05, 0.1) is 6.61 Å². The monoisotopic (exact) mass is 209 g/mol. The number of nitrogen functional groups attached to an aromatic ring is 1. The summed E-state index contributed by atoms with van der Waals surface area (Å²) in [5.41, 5.74) is 6.05. The van der Waals surface area contributed by atoms with Crippen LogP contribution in [0.5, 0.6) is 0 Å². The Bertz CT molecular complexity index is 369. The highest BCUT2D eigenvalue weighted by Crippen LogP contribution is 2.31. The third kappa shape index (κ3) is 2.29. The van der Waals surface area contributed by atoms with Crippen molar-refractivity contribution in [2.45, 2.75) is 26.3 Å². The number of rotatable bonds is 4. The SMILES string of the molecule is CCOC(=O)c1cc(N)n(CC2CC2)n1. The summed E-state index contributed by atoms with van der Waals surface area (Å²) in [5, 5.41) is 4.13. The lowest BCUT2D eigenvalue weighted by atomic mass is 10.4. The zero-order valence-electron chi connectivity index (χ0n) is 8.77. The first kappa shape index (κ1) is 10.0. The number of ether oxygens (including phenoxy) is 1. The summed E-state index contributed by atoms with van der Waals surface area (Å²) < 4.78 is 6.53. The lowest BCUT2D eigenvalue weighted by molar-refractivity contribution is 0.0518. The maximum Gasteiger partial charge on any atom is 0.358 e. The van der Waals surface area contributed by atoms with Crippen molar-refractivity contribution in [3.63, 3.8) is 0 Å². The van der Waals surface area contributed by atoms with E-state index in [0.717, 1.165) is 6.54 Å². The van der Waals surface area contributed by atoms with Crippen LogP contribution in [0.1, 0.15) is 30.3 Å². The van der Waals surface area contributed by atoms with E-state index in [1.54, 1.807) is 17.7 Å². The van der Waals surface area contributed by atoms with Crippen LogP contribution in [0.4, 0.5) is 5.82 Å². The molecule has 2 N–H and O–H groups in total. The predicted molar refractivity (Wildman–Crippen MR) is 55.3 cm³/mol. The highest BCUT2D eigenvalue weighted by molar-refractivity contribution is 5.88. The molecule has 15 heavy (non-hydrogen) atoms. The normalized spacial score (nSPS) is 15.3. The van der Waals surface area contributed by atoms with Crippen molar-refractivity contribution >= 4 is 11.8 Å². The molecule has 0 amide bonds. The Labute approximate surface area is 88.2 Å². The van der Waals surface area contributed by atoms with E-state index in [-0.39, 0.29) is 0 Å². The molecule has 1 aromatic heterocycles. The molecule has 0 aromatic carbocycles. The number of hydrogen-bond donors (Lipinski definition) is 1. The number of nitrogens with zero attached hydrogens (tertiary/aromatic N) is 2. The van der Waals surface area contributed by atoms with Crippen molar-refractivity contribution in [1.29, 1.82) is 0 Å². The van der Waals surface area contributed by atoms with Crippen molar-refractivity contribution in [1.82, 2.24) is 9.78 Å². The van der Waals surface area contributed by atoms with Gasteiger partial charge in [-0.2, -0.15) is 5.10 Å². The maximum absolute atomic E-state index is 11.4. The molecule has 82 valence electrons. The van der Waals surface area contributed by atoms with E-state index >= 15 is 0 Å². The number of esters is 1. The molecule has 1 heterocycles. The van der Waals surface area contributed by atoms with Crippen LogP contribution in [0.2, 0.25) is 0 Å². The van der Waals surface area contributed by atoms with Gasteiger partial charge in [-0.15, -0.1) is 0 Å². The van der Waals surface area contributed by atoms with Crippen LogP contribution < -0.4 is 5.73 Å². The number of aromatic nitrogens is 2. The average Bonchev–Trinajstić information content (AvgIpc) is 2.92. The minimum absolute atomic E-state index is 0.301. The zero-order valence-corrected chi connectivity index (χ0v) is 8.77. The third-order valence-electron chi connectivity index (χ3n) is 2.42. The number of nitrogens with two attached hydrogens (primary N) is 1. The van der Waals surface area contributed by atoms with E-state index in [2.05, 4.69) is 5.10 Å². The quantitative estimate of drug-likeness (QED) is 0.752. The van der Waals surface area contributed by atoms with Gasteiger partial charge in [0.25, 0.3) is 0 Å².